The van der Waals surface area contributed by atoms with Crippen LogP contribution in [0.3, 0.4) is 0 Å². The van der Waals surface area contributed by atoms with Crippen LogP contribution in [0.1, 0.15) is 43.1 Å². The van der Waals surface area contributed by atoms with E-state index < -0.39 is 17.5 Å². The highest BCUT2D eigenvalue weighted by atomic mass is 32.2. The Morgan fingerprint density at radius 3 is 2.35 bits per heavy atom. The highest BCUT2D eigenvalue weighted by Gasteiger charge is 2.33. The summed E-state index contributed by atoms with van der Waals surface area (Å²) in [6.45, 7) is 7.04. The minimum absolute atomic E-state index is 0.0132. The Kier molecular flexibility index (Phi) is 7.89. The Morgan fingerprint density at radius 2 is 1.74 bits per heavy atom. The molecule has 0 aliphatic carbocycles. The van der Waals surface area contributed by atoms with Crippen molar-refractivity contribution in [2.24, 2.45) is 0 Å². The number of benzene rings is 2. The van der Waals surface area contributed by atoms with Gasteiger partial charge in [-0.3, -0.25) is 9.69 Å². The van der Waals surface area contributed by atoms with Gasteiger partial charge in [-0.25, -0.2) is 13.2 Å². The van der Waals surface area contributed by atoms with Gasteiger partial charge in [-0.2, -0.15) is 0 Å². The fourth-order valence-corrected chi connectivity index (χ4v) is 4.60. The van der Waals surface area contributed by atoms with Gasteiger partial charge >= 0.3 is 0 Å². The van der Waals surface area contributed by atoms with Gasteiger partial charge in [0, 0.05) is 60.4 Å². The minimum atomic E-state index is -1.18. The molecule has 3 rings (SSSR count). The van der Waals surface area contributed by atoms with Crippen molar-refractivity contribution in [2.45, 2.75) is 45.8 Å². The van der Waals surface area contributed by atoms with E-state index in [0.717, 1.165) is 23.9 Å². The number of rotatable bonds is 7. The van der Waals surface area contributed by atoms with E-state index in [9.17, 15) is 18.0 Å². The fraction of sp³-hybridized carbons (Fsp3) is 0.435. The molecule has 1 N–H and O–H groups in total. The number of nitrogens with zero attached hydrogens (tertiary/aromatic N) is 2. The first-order chi connectivity index (χ1) is 14.8. The lowest BCUT2D eigenvalue weighted by Crippen LogP contribution is -2.58. The number of piperazine rings is 1. The first-order valence-corrected chi connectivity index (χ1v) is 11.4. The van der Waals surface area contributed by atoms with Gasteiger partial charge in [0.25, 0.3) is 5.91 Å². The summed E-state index contributed by atoms with van der Waals surface area (Å²) in [5, 5.41) is 0. The molecule has 1 fully saturated rings. The van der Waals surface area contributed by atoms with Crippen molar-refractivity contribution in [1.82, 2.24) is 9.80 Å². The number of nitrogens with one attached hydrogen (secondary N) is 1. The maximum atomic E-state index is 14.0. The van der Waals surface area contributed by atoms with Crippen LogP contribution in [-0.2, 0) is 6.54 Å². The van der Waals surface area contributed by atoms with Crippen LogP contribution < -0.4 is 4.72 Å². The molecule has 31 heavy (non-hydrogen) atoms. The summed E-state index contributed by atoms with van der Waals surface area (Å²) in [5.41, 5.74) is 1.54. The zero-order chi connectivity index (χ0) is 22.5. The molecular formula is C23H28F3N3OS. The standard InChI is InChI=1S/C23H28F3N3OS/c1-4-9-31-27-20-7-5-17(6-8-20)23(30)29-15(2)12-28(13-16(29)3)14-18-10-19(24)11-21(25)22(18)26/h5-8,10-11,15-16,27H,4,9,12-14H2,1-3H3. The number of halogens is 3. The lowest BCUT2D eigenvalue weighted by atomic mass is 10.0. The number of hydrogen-bond donors (Lipinski definition) is 1. The van der Waals surface area contributed by atoms with E-state index in [4.69, 9.17) is 0 Å². The Labute approximate surface area is 185 Å². The second-order valence-electron chi connectivity index (χ2n) is 7.99. The van der Waals surface area contributed by atoms with Crippen molar-refractivity contribution < 1.29 is 18.0 Å². The molecule has 4 nitrogen and oxygen atoms in total. The van der Waals surface area contributed by atoms with E-state index in [1.807, 2.05) is 47.9 Å². The van der Waals surface area contributed by atoms with Crippen LogP contribution in [-0.4, -0.2) is 46.6 Å². The molecule has 2 unspecified atom stereocenters. The molecule has 0 spiro atoms. The van der Waals surface area contributed by atoms with Crippen LogP contribution in [0.25, 0.3) is 0 Å². The van der Waals surface area contributed by atoms with Gasteiger partial charge in [0.05, 0.1) is 0 Å². The number of anilines is 1. The van der Waals surface area contributed by atoms with Crippen molar-refractivity contribution in [3.8, 4) is 0 Å². The van der Waals surface area contributed by atoms with Gasteiger partial charge in [0.15, 0.2) is 11.6 Å². The van der Waals surface area contributed by atoms with Gasteiger partial charge in [-0.1, -0.05) is 18.9 Å². The van der Waals surface area contributed by atoms with Gasteiger partial charge < -0.3 is 9.62 Å². The summed E-state index contributed by atoms with van der Waals surface area (Å²) < 4.78 is 44.3. The van der Waals surface area contributed by atoms with Crippen LogP contribution in [0, 0.1) is 17.5 Å². The smallest absolute Gasteiger partial charge is 0.254 e. The molecule has 0 saturated carbocycles. The molecule has 1 aliphatic heterocycles. The van der Waals surface area contributed by atoms with E-state index in [-0.39, 0.29) is 30.1 Å². The van der Waals surface area contributed by atoms with Gasteiger partial charge in [-0.05, 0) is 50.6 Å². The molecule has 2 aromatic rings. The summed E-state index contributed by atoms with van der Waals surface area (Å²) in [6.07, 6.45) is 1.08. The number of carbonyl (C=O) groups is 1. The van der Waals surface area contributed by atoms with E-state index >= 15 is 0 Å². The summed E-state index contributed by atoms with van der Waals surface area (Å²) in [4.78, 5) is 16.9. The Bertz CT molecular complexity index is 898. The zero-order valence-electron chi connectivity index (χ0n) is 18.0. The normalized spacial score (nSPS) is 19.5. The average molecular weight is 452 g/mol. The molecule has 168 valence electrons. The minimum Gasteiger partial charge on any atom is -0.331 e. The van der Waals surface area contributed by atoms with Crippen molar-refractivity contribution in [3.63, 3.8) is 0 Å². The summed E-state index contributed by atoms with van der Waals surface area (Å²) in [6, 6.07) is 8.72. The van der Waals surface area contributed by atoms with E-state index in [1.165, 1.54) is 0 Å². The first kappa shape index (κ1) is 23.5. The lowest BCUT2D eigenvalue weighted by Gasteiger charge is -2.44. The monoisotopic (exact) mass is 451 g/mol. The van der Waals surface area contributed by atoms with Gasteiger partial charge in [0.2, 0.25) is 0 Å². The van der Waals surface area contributed by atoms with Crippen molar-refractivity contribution in [3.05, 3.63) is 65.0 Å². The average Bonchev–Trinajstić information content (AvgIpc) is 2.72. The SMILES string of the molecule is CCCSNc1ccc(C(=O)N2C(C)CN(Cc3cc(F)cc(F)c3F)CC2C)cc1. The molecule has 2 aromatic carbocycles. The predicted octanol–water partition coefficient (Wildman–Crippen LogP) is 5.31. The van der Waals surface area contributed by atoms with E-state index in [1.54, 1.807) is 11.9 Å². The van der Waals surface area contributed by atoms with Gasteiger partial charge in [0.1, 0.15) is 5.82 Å². The van der Waals surface area contributed by atoms with Crippen molar-refractivity contribution in [2.75, 3.05) is 23.6 Å². The zero-order valence-corrected chi connectivity index (χ0v) is 18.8. The van der Waals surface area contributed by atoms with Crippen LogP contribution in [0.2, 0.25) is 0 Å². The van der Waals surface area contributed by atoms with Crippen molar-refractivity contribution >= 4 is 23.5 Å². The topological polar surface area (TPSA) is 35.6 Å². The van der Waals surface area contributed by atoms with Crippen LogP contribution in [0.15, 0.2) is 36.4 Å². The summed E-state index contributed by atoms with van der Waals surface area (Å²) in [5.74, 6) is -2.06. The second-order valence-corrected chi connectivity index (χ2v) is 8.89. The van der Waals surface area contributed by atoms with E-state index in [2.05, 4.69) is 11.6 Å². The molecule has 0 aromatic heterocycles. The molecule has 1 aliphatic rings. The maximum absolute atomic E-state index is 14.0. The molecular weight excluding hydrogens is 423 g/mol. The highest BCUT2D eigenvalue weighted by molar-refractivity contribution is 8.00. The third kappa shape index (κ3) is 5.74. The molecule has 1 saturated heterocycles. The summed E-state index contributed by atoms with van der Waals surface area (Å²) in [7, 11) is 0. The highest BCUT2D eigenvalue weighted by Crippen LogP contribution is 2.24. The van der Waals surface area contributed by atoms with Crippen molar-refractivity contribution in [1.29, 1.82) is 0 Å². The fourth-order valence-electron chi connectivity index (χ4n) is 3.99. The Morgan fingerprint density at radius 1 is 1.10 bits per heavy atom. The molecule has 8 heteroatoms. The van der Waals surface area contributed by atoms with Crippen LogP contribution in [0.5, 0.6) is 0 Å². The predicted molar refractivity (Wildman–Crippen MR) is 120 cm³/mol. The second kappa shape index (κ2) is 10.4. The molecule has 2 atom stereocenters. The number of amides is 1. The summed E-state index contributed by atoms with van der Waals surface area (Å²) >= 11 is 1.63. The number of carbonyl (C=O) groups excluding carboxylic acids is 1. The third-order valence-electron chi connectivity index (χ3n) is 5.32. The third-order valence-corrected chi connectivity index (χ3v) is 6.31. The van der Waals surface area contributed by atoms with Gasteiger partial charge in [-0.15, -0.1) is 0 Å². The maximum Gasteiger partial charge on any atom is 0.254 e. The quantitative estimate of drug-likeness (QED) is 0.352. The van der Waals surface area contributed by atoms with Crippen LogP contribution in [0.4, 0.5) is 18.9 Å². The largest absolute Gasteiger partial charge is 0.331 e. The molecule has 0 bridgehead atoms. The Balaban J connectivity index is 1.65. The molecule has 0 radical (unpaired) electrons. The Hall–Kier alpha value is -2.19. The van der Waals surface area contributed by atoms with E-state index in [0.29, 0.717) is 24.7 Å². The lowest BCUT2D eigenvalue weighted by molar-refractivity contribution is 0.0265. The first-order valence-electron chi connectivity index (χ1n) is 10.5. The molecule has 1 heterocycles. The molecule has 1 amide bonds. The number of hydrogen-bond acceptors (Lipinski definition) is 4. The van der Waals surface area contributed by atoms with Crippen LogP contribution >= 0.6 is 11.9 Å².